The first-order valence-corrected chi connectivity index (χ1v) is 11.4. The second kappa shape index (κ2) is 12.2. The summed E-state index contributed by atoms with van der Waals surface area (Å²) >= 11 is 6.67. The molecule has 2 aromatic rings. The van der Waals surface area contributed by atoms with Crippen LogP contribution in [-0.4, -0.2) is 48.8 Å². The Morgan fingerprint density at radius 1 is 1.19 bits per heavy atom. The van der Waals surface area contributed by atoms with Crippen LogP contribution in [0.1, 0.15) is 48.1 Å². The van der Waals surface area contributed by atoms with Gasteiger partial charge < -0.3 is 24.4 Å². The summed E-state index contributed by atoms with van der Waals surface area (Å²) in [5.41, 5.74) is 4.06. The van der Waals surface area contributed by atoms with E-state index in [-0.39, 0.29) is 25.4 Å². The monoisotopic (exact) mass is 458 g/mol. The third kappa shape index (κ3) is 6.71. The fourth-order valence-corrected chi connectivity index (χ4v) is 4.29. The Labute approximate surface area is 195 Å². The van der Waals surface area contributed by atoms with Gasteiger partial charge in [0, 0.05) is 17.9 Å². The van der Waals surface area contributed by atoms with Gasteiger partial charge in [0.05, 0.1) is 38.1 Å². The van der Waals surface area contributed by atoms with Crippen LogP contribution in [0.5, 0.6) is 5.75 Å². The highest BCUT2D eigenvalue weighted by Crippen LogP contribution is 2.36. The highest BCUT2D eigenvalue weighted by molar-refractivity contribution is 6.31. The molecule has 172 valence electrons. The Bertz CT molecular complexity index is 906. The number of hydrogen-bond donors (Lipinski definition) is 2. The molecule has 0 spiro atoms. The third-order valence-electron chi connectivity index (χ3n) is 5.57. The fourth-order valence-electron chi connectivity index (χ4n) is 4.04. The number of benzene rings is 2. The first kappa shape index (κ1) is 24.6. The van der Waals surface area contributed by atoms with Crippen LogP contribution < -0.4 is 4.74 Å². The van der Waals surface area contributed by atoms with Crippen molar-refractivity contribution in [3.8, 4) is 18.1 Å². The Hall–Kier alpha value is -2.07. The minimum absolute atomic E-state index is 0.124. The lowest BCUT2D eigenvalue weighted by molar-refractivity contribution is -0.114. The topological polar surface area (TPSA) is 68.2 Å². The largest absolute Gasteiger partial charge is 0.494 e. The molecule has 5 nitrogen and oxygen atoms in total. The molecule has 1 fully saturated rings. The van der Waals surface area contributed by atoms with E-state index in [1.54, 1.807) is 0 Å². The molecule has 0 saturated carbocycles. The SMILES string of the molecule is C#CCOCCc1cc(Cl)c(Cc2ccc(OCC)cc2)cc1C1CC(O)CC(CO)O1. The van der Waals surface area contributed by atoms with Crippen molar-refractivity contribution in [2.75, 3.05) is 26.4 Å². The quantitative estimate of drug-likeness (QED) is 0.414. The predicted octanol–water partition coefficient (Wildman–Crippen LogP) is 4.10. The summed E-state index contributed by atoms with van der Waals surface area (Å²) in [5, 5.41) is 20.6. The molecule has 1 aliphatic heterocycles. The van der Waals surface area contributed by atoms with E-state index < -0.39 is 6.10 Å². The minimum atomic E-state index is -0.526. The number of halogens is 1. The van der Waals surface area contributed by atoms with Crippen LogP contribution in [0.25, 0.3) is 0 Å². The van der Waals surface area contributed by atoms with Crippen molar-refractivity contribution < 1.29 is 24.4 Å². The van der Waals surface area contributed by atoms with Crippen molar-refractivity contribution in [3.05, 3.63) is 63.7 Å². The summed E-state index contributed by atoms with van der Waals surface area (Å²) in [6, 6.07) is 12.0. The highest BCUT2D eigenvalue weighted by atomic mass is 35.5. The number of ether oxygens (including phenoxy) is 3. The van der Waals surface area contributed by atoms with E-state index >= 15 is 0 Å². The van der Waals surface area contributed by atoms with Gasteiger partial charge in [0.2, 0.25) is 0 Å². The van der Waals surface area contributed by atoms with Gasteiger partial charge in [-0.15, -0.1) is 6.42 Å². The molecule has 0 aliphatic carbocycles. The lowest BCUT2D eigenvalue weighted by Crippen LogP contribution is -2.34. The van der Waals surface area contributed by atoms with Crippen LogP contribution in [0.3, 0.4) is 0 Å². The zero-order valence-electron chi connectivity index (χ0n) is 18.4. The molecule has 0 aromatic heterocycles. The van der Waals surface area contributed by atoms with Gasteiger partial charge in [-0.05, 0) is 60.2 Å². The van der Waals surface area contributed by atoms with Crippen molar-refractivity contribution in [1.82, 2.24) is 0 Å². The Morgan fingerprint density at radius 2 is 1.97 bits per heavy atom. The lowest BCUT2D eigenvalue weighted by Gasteiger charge is -2.34. The molecule has 1 saturated heterocycles. The number of aliphatic hydroxyl groups is 2. The Morgan fingerprint density at radius 3 is 2.66 bits per heavy atom. The van der Waals surface area contributed by atoms with Gasteiger partial charge >= 0.3 is 0 Å². The van der Waals surface area contributed by atoms with Gasteiger partial charge in [0.25, 0.3) is 0 Å². The van der Waals surface area contributed by atoms with Crippen LogP contribution >= 0.6 is 11.6 Å². The Balaban J connectivity index is 1.87. The second-order valence-corrected chi connectivity index (χ2v) is 8.36. The minimum Gasteiger partial charge on any atom is -0.494 e. The van der Waals surface area contributed by atoms with E-state index in [1.807, 2.05) is 37.3 Å². The van der Waals surface area contributed by atoms with E-state index in [0.29, 0.717) is 43.9 Å². The molecule has 0 bridgehead atoms. The zero-order chi connectivity index (χ0) is 22.9. The average molecular weight is 459 g/mol. The van der Waals surface area contributed by atoms with Gasteiger partial charge in [0.1, 0.15) is 12.4 Å². The van der Waals surface area contributed by atoms with Crippen molar-refractivity contribution >= 4 is 11.6 Å². The van der Waals surface area contributed by atoms with Crippen molar-refractivity contribution in [2.24, 2.45) is 0 Å². The lowest BCUT2D eigenvalue weighted by atomic mass is 9.90. The molecule has 1 heterocycles. The van der Waals surface area contributed by atoms with Crippen LogP contribution in [0.15, 0.2) is 36.4 Å². The van der Waals surface area contributed by atoms with E-state index in [2.05, 4.69) is 12.0 Å². The number of hydrogen-bond acceptors (Lipinski definition) is 5. The van der Waals surface area contributed by atoms with Crippen LogP contribution in [0.2, 0.25) is 5.02 Å². The van der Waals surface area contributed by atoms with Gasteiger partial charge in [-0.1, -0.05) is 35.7 Å². The molecule has 0 radical (unpaired) electrons. The molecular formula is C26H31ClO5. The molecule has 3 rings (SSSR count). The smallest absolute Gasteiger partial charge is 0.119 e. The predicted molar refractivity (Wildman–Crippen MR) is 125 cm³/mol. The van der Waals surface area contributed by atoms with Gasteiger partial charge in [-0.25, -0.2) is 0 Å². The summed E-state index contributed by atoms with van der Waals surface area (Å²) < 4.78 is 17.1. The van der Waals surface area contributed by atoms with Gasteiger partial charge in [0.15, 0.2) is 0 Å². The molecule has 1 aliphatic rings. The van der Waals surface area contributed by atoms with Crippen LogP contribution in [-0.2, 0) is 22.3 Å². The van der Waals surface area contributed by atoms with Gasteiger partial charge in [-0.3, -0.25) is 0 Å². The molecule has 3 unspecified atom stereocenters. The molecular weight excluding hydrogens is 428 g/mol. The molecule has 32 heavy (non-hydrogen) atoms. The van der Waals surface area contributed by atoms with Crippen LogP contribution in [0.4, 0.5) is 0 Å². The maximum absolute atomic E-state index is 10.3. The van der Waals surface area contributed by atoms with E-state index in [4.69, 9.17) is 32.2 Å². The standard InChI is InChI=1S/C26H31ClO5/c1-3-10-30-11-9-19-14-25(27)20(12-18-5-7-22(8-6-18)31-4-2)13-24(19)26-16-21(29)15-23(17-28)32-26/h1,5-8,13-14,21,23,26,28-29H,4,9-12,15-17H2,2H3. The molecule has 6 heteroatoms. The van der Waals surface area contributed by atoms with Crippen LogP contribution in [0, 0.1) is 12.3 Å². The third-order valence-corrected chi connectivity index (χ3v) is 5.92. The molecule has 3 atom stereocenters. The van der Waals surface area contributed by atoms with E-state index in [9.17, 15) is 10.2 Å². The summed E-state index contributed by atoms with van der Waals surface area (Å²) in [7, 11) is 0. The first-order chi connectivity index (χ1) is 15.5. The van der Waals surface area contributed by atoms with E-state index in [1.165, 1.54) is 0 Å². The molecule has 2 aromatic carbocycles. The maximum Gasteiger partial charge on any atom is 0.119 e. The van der Waals surface area contributed by atoms with Crippen molar-refractivity contribution in [2.45, 2.75) is 50.9 Å². The molecule has 2 N–H and O–H groups in total. The maximum atomic E-state index is 10.3. The average Bonchev–Trinajstić information content (AvgIpc) is 2.79. The van der Waals surface area contributed by atoms with E-state index in [0.717, 1.165) is 28.0 Å². The zero-order valence-corrected chi connectivity index (χ0v) is 19.2. The molecule has 0 amide bonds. The van der Waals surface area contributed by atoms with Crippen molar-refractivity contribution in [1.29, 1.82) is 0 Å². The summed E-state index contributed by atoms with van der Waals surface area (Å²) in [4.78, 5) is 0. The van der Waals surface area contributed by atoms with Gasteiger partial charge in [-0.2, -0.15) is 0 Å². The fraction of sp³-hybridized carbons (Fsp3) is 0.462. The summed E-state index contributed by atoms with van der Waals surface area (Å²) in [6.07, 6.45) is 6.21. The summed E-state index contributed by atoms with van der Waals surface area (Å²) in [6.45, 7) is 3.18. The second-order valence-electron chi connectivity index (χ2n) is 7.96. The Kier molecular flexibility index (Phi) is 9.40. The summed E-state index contributed by atoms with van der Waals surface area (Å²) in [5.74, 6) is 3.31. The number of aliphatic hydroxyl groups excluding tert-OH is 2. The first-order valence-electron chi connectivity index (χ1n) is 11.0. The van der Waals surface area contributed by atoms with Crippen molar-refractivity contribution in [3.63, 3.8) is 0 Å². The number of rotatable bonds is 10. The highest BCUT2D eigenvalue weighted by Gasteiger charge is 2.30. The number of terminal acetylenes is 1. The normalized spacial score (nSPS) is 20.7.